The second-order valence-corrected chi connectivity index (χ2v) is 7.12. The van der Waals surface area contributed by atoms with Gasteiger partial charge in [-0.2, -0.15) is 0 Å². The minimum Gasteiger partial charge on any atom is -0.495 e. The maximum absolute atomic E-state index is 13.1. The van der Waals surface area contributed by atoms with E-state index in [9.17, 15) is 4.79 Å². The summed E-state index contributed by atoms with van der Waals surface area (Å²) in [5.74, 6) is 1.38. The summed E-state index contributed by atoms with van der Waals surface area (Å²) in [6.07, 6.45) is 2.50. The molecule has 142 valence electrons. The summed E-state index contributed by atoms with van der Waals surface area (Å²) in [5, 5.41) is 3.26. The van der Waals surface area contributed by atoms with E-state index in [0.29, 0.717) is 11.4 Å². The number of pyridine rings is 1. The molecule has 1 aliphatic heterocycles. The molecule has 28 heavy (non-hydrogen) atoms. The van der Waals surface area contributed by atoms with Gasteiger partial charge in [0, 0.05) is 17.9 Å². The van der Waals surface area contributed by atoms with Crippen molar-refractivity contribution in [2.45, 2.75) is 26.3 Å². The summed E-state index contributed by atoms with van der Waals surface area (Å²) >= 11 is 0. The summed E-state index contributed by atoms with van der Waals surface area (Å²) in [6.45, 7) is 4.10. The van der Waals surface area contributed by atoms with Crippen molar-refractivity contribution in [3.8, 4) is 5.75 Å². The highest BCUT2D eigenvalue weighted by atomic mass is 16.5. The van der Waals surface area contributed by atoms with Crippen LogP contribution in [0.1, 0.15) is 28.4 Å². The zero-order chi connectivity index (χ0) is 19.7. The number of fused-ring (bicyclic) bond motifs is 1. The Balaban J connectivity index is 1.56. The molecular formula is C23H23N3O2. The lowest BCUT2D eigenvalue weighted by Crippen LogP contribution is -2.35. The summed E-state index contributed by atoms with van der Waals surface area (Å²) in [7, 11) is 1.64. The fraction of sp³-hybridized carbons (Fsp3) is 0.217. The fourth-order valence-electron chi connectivity index (χ4n) is 3.67. The van der Waals surface area contributed by atoms with Gasteiger partial charge in [0.15, 0.2) is 0 Å². The third-order valence-electron chi connectivity index (χ3n) is 5.05. The Morgan fingerprint density at radius 3 is 2.75 bits per heavy atom. The van der Waals surface area contributed by atoms with E-state index in [1.165, 1.54) is 5.56 Å². The van der Waals surface area contributed by atoms with Crippen molar-refractivity contribution in [3.63, 3.8) is 0 Å². The van der Waals surface area contributed by atoms with Crippen molar-refractivity contribution in [3.05, 3.63) is 77.5 Å². The normalized spacial score (nSPS) is 15.2. The van der Waals surface area contributed by atoms with Gasteiger partial charge in [-0.3, -0.25) is 4.79 Å². The first-order valence-electron chi connectivity index (χ1n) is 9.36. The standard InChI is InChI=1S/C23H23N3O2/c1-15-8-10-21(28-3)19(12-15)25-22-11-9-18(14-24-22)23(27)26-16(2)13-17-6-4-5-7-20(17)26/h4-12,14,16H,13H2,1-3H3,(H,24,25). The van der Waals surface area contributed by atoms with Gasteiger partial charge < -0.3 is 15.0 Å². The van der Waals surface area contributed by atoms with Crippen LogP contribution in [0.3, 0.4) is 0 Å². The van der Waals surface area contributed by atoms with Crippen molar-refractivity contribution in [2.75, 3.05) is 17.3 Å². The van der Waals surface area contributed by atoms with Crippen molar-refractivity contribution in [1.82, 2.24) is 4.98 Å². The molecule has 0 saturated heterocycles. The van der Waals surface area contributed by atoms with Crippen LogP contribution in [-0.2, 0) is 6.42 Å². The van der Waals surface area contributed by atoms with Crippen LogP contribution in [0.5, 0.6) is 5.75 Å². The van der Waals surface area contributed by atoms with E-state index in [-0.39, 0.29) is 11.9 Å². The number of hydrogen-bond donors (Lipinski definition) is 1. The highest BCUT2D eigenvalue weighted by Crippen LogP contribution is 2.33. The number of anilines is 3. The van der Waals surface area contributed by atoms with Crippen LogP contribution in [0.15, 0.2) is 60.8 Å². The van der Waals surface area contributed by atoms with E-state index in [0.717, 1.165) is 29.1 Å². The number of aryl methyl sites for hydroxylation is 1. The highest BCUT2D eigenvalue weighted by molar-refractivity contribution is 6.07. The van der Waals surface area contributed by atoms with Gasteiger partial charge in [-0.1, -0.05) is 24.3 Å². The van der Waals surface area contributed by atoms with Crippen molar-refractivity contribution >= 4 is 23.1 Å². The number of carbonyl (C=O) groups excluding carboxylic acids is 1. The van der Waals surface area contributed by atoms with Crippen LogP contribution < -0.4 is 15.0 Å². The van der Waals surface area contributed by atoms with E-state index in [4.69, 9.17) is 4.74 Å². The van der Waals surface area contributed by atoms with E-state index < -0.39 is 0 Å². The highest BCUT2D eigenvalue weighted by Gasteiger charge is 2.31. The first kappa shape index (κ1) is 18.0. The largest absolute Gasteiger partial charge is 0.495 e. The van der Waals surface area contributed by atoms with Gasteiger partial charge in [0.05, 0.1) is 18.4 Å². The number of para-hydroxylation sites is 1. The topological polar surface area (TPSA) is 54.5 Å². The average Bonchev–Trinajstić information content (AvgIpc) is 3.04. The first-order chi connectivity index (χ1) is 13.6. The maximum Gasteiger partial charge on any atom is 0.260 e. The molecule has 1 N–H and O–H groups in total. The number of methoxy groups -OCH3 is 1. The molecule has 0 fully saturated rings. The Morgan fingerprint density at radius 1 is 1.18 bits per heavy atom. The molecule has 5 heteroatoms. The Labute approximate surface area is 165 Å². The van der Waals surface area contributed by atoms with Gasteiger partial charge in [0.2, 0.25) is 0 Å². The predicted molar refractivity (Wildman–Crippen MR) is 112 cm³/mol. The second-order valence-electron chi connectivity index (χ2n) is 7.12. The van der Waals surface area contributed by atoms with Crippen LogP contribution >= 0.6 is 0 Å². The minimum absolute atomic E-state index is 0.0235. The van der Waals surface area contributed by atoms with Gasteiger partial charge in [0.25, 0.3) is 5.91 Å². The number of aromatic nitrogens is 1. The van der Waals surface area contributed by atoms with Crippen molar-refractivity contribution < 1.29 is 9.53 Å². The lowest BCUT2D eigenvalue weighted by atomic mass is 10.1. The molecule has 0 aliphatic carbocycles. The van der Waals surface area contributed by atoms with Gasteiger partial charge in [-0.15, -0.1) is 0 Å². The predicted octanol–water partition coefficient (Wildman–Crippen LogP) is 4.73. The Bertz CT molecular complexity index is 1010. The Kier molecular flexibility index (Phi) is 4.74. The molecule has 5 nitrogen and oxygen atoms in total. The molecule has 1 aliphatic rings. The summed E-state index contributed by atoms with van der Waals surface area (Å²) in [4.78, 5) is 19.4. The Morgan fingerprint density at radius 2 is 2.00 bits per heavy atom. The van der Waals surface area contributed by atoms with Crippen LogP contribution in [0, 0.1) is 6.92 Å². The first-order valence-corrected chi connectivity index (χ1v) is 9.36. The lowest BCUT2D eigenvalue weighted by molar-refractivity contribution is 0.0981. The molecule has 1 atom stereocenters. The van der Waals surface area contributed by atoms with Gasteiger partial charge in [-0.25, -0.2) is 4.98 Å². The quantitative estimate of drug-likeness (QED) is 0.718. The molecule has 2 aromatic carbocycles. The molecular weight excluding hydrogens is 350 g/mol. The molecule has 0 radical (unpaired) electrons. The molecule has 0 saturated carbocycles. The van der Waals surface area contributed by atoms with Crippen LogP contribution in [0.25, 0.3) is 0 Å². The molecule has 1 amide bonds. The number of ether oxygens (including phenoxy) is 1. The SMILES string of the molecule is COc1ccc(C)cc1Nc1ccc(C(=O)N2c3ccccc3CC2C)cn1. The zero-order valence-electron chi connectivity index (χ0n) is 16.3. The van der Waals surface area contributed by atoms with E-state index >= 15 is 0 Å². The van der Waals surface area contributed by atoms with Crippen molar-refractivity contribution in [1.29, 1.82) is 0 Å². The van der Waals surface area contributed by atoms with Crippen molar-refractivity contribution in [2.24, 2.45) is 0 Å². The number of carbonyl (C=O) groups is 1. The minimum atomic E-state index is -0.0235. The molecule has 4 rings (SSSR count). The molecule has 2 heterocycles. The molecule has 0 spiro atoms. The smallest absolute Gasteiger partial charge is 0.260 e. The van der Waals surface area contributed by atoms with E-state index in [1.807, 2.05) is 60.4 Å². The lowest BCUT2D eigenvalue weighted by Gasteiger charge is -2.22. The Hall–Kier alpha value is -3.34. The van der Waals surface area contributed by atoms with Gasteiger partial charge in [0.1, 0.15) is 11.6 Å². The third-order valence-corrected chi connectivity index (χ3v) is 5.05. The molecule has 3 aromatic rings. The number of rotatable bonds is 4. The van der Waals surface area contributed by atoms with E-state index in [2.05, 4.69) is 23.3 Å². The van der Waals surface area contributed by atoms with Crippen LogP contribution in [-0.4, -0.2) is 24.0 Å². The monoisotopic (exact) mass is 373 g/mol. The third kappa shape index (κ3) is 3.31. The second kappa shape index (κ2) is 7.35. The number of nitrogens with zero attached hydrogens (tertiary/aromatic N) is 2. The molecule has 0 bridgehead atoms. The molecule has 1 unspecified atom stereocenters. The fourth-order valence-corrected chi connectivity index (χ4v) is 3.67. The van der Waals surface area contributed by atoms with Gasteiger partial charge >= 0.3 is 0 Å². The number of benzene rings is 2. The van der Waals surface area contributed by atoms with Crippen LogP contribution in [0.2, 0.25) is 0 Å². The number of nitrogens with one attached hydrogen (secondary N) is 1. The van der Waals surface area contributed by atoms with Gasteiger partial charge in [-0.05, 0) is 61.7 Å². The summed E-state index contributed by atoms with van der Waals surface area (Å²) in [5.41, 5.74) is 4.74. The summed E-state index contributed by atoms with van der Waals surface area (Å²) < 4.78 is 5.40. The van der Waals surface area contributed by atoms with Crippen LogP contribution in [0.4, 0.5) is 17.2 Å². The number of hydrogen-bond acceptors (Lipinski definition) is 4. The average molecular weight is 373 g/mol. The zero-order valence-corrected chi connectivity index (χ0v) is 16.3. The maximum atomic E-state index is 13.1. The molecule has 1 aromatic heterocycles. The van der Waals surface area contributed by atoms with E-state index in [1.54, 1.807) is 13.3 Å². The number of amides is 1. The summed E-state index contributed by atoms with van der Waals surface area (Å²) in [6, 6.07) is 17.8.